The van der Waals surface area contributed by atoms with E-state index in [-0.39, 0.29) is 17.7 Å². The number of fused-ring (bicyclic) bond motifs is 17. The van der Waals surface area contributed by atoms with Gasteiger partial charge in [-0.05, 0) is 111 Å². The Morgan fingerprint density at radius 3 is 1.95 bits per heavy atom. The molecule has 0 unspecified atom stereocenters. The second-order valence-electron chi connectivity index (χ2n) is 19.3. The van der Waals surface area contributed by atoms with Gasteiger partial charge in [-0.3, -0.25) is 0 Å². The average molecular weight is 785 g/mol. The van der Waals surface area contributed by atoms with Gasteiger partial charge in [-0.15, -0.1) is 0 Å². The molecule has 14 rings (SSSR count). The van der Waals surface area contributed by atoms with E-state index in [1.54, 1.807) is 0 Å². The normalized spacial score (nSPS) is 14.8. The molecule has 0 atom stereocenters. The molecule has 0 saturated carbocycles. The fourth-order valence-corrected chi connectivity index (χ4v) is 11.7. The van der Waals surface area contributed by atoms with Gasteiger partial charge in [0.1, 0.15) is 22.3 Å². The molecule has 5 heterocycles. The van der Waals surface area contributed by atoms with Crippen LogP contribution in [0.2, 0.25) is 0 Å². The van der Waals surface area contributed by atoms with Gasteiger partial charge in [-0.25, -0.2) is 0 Å². The van der Waals surface area contributed by atoms with Crippen LogP contribution in [0.5, 0.6) is 0 Å². The molecule has 0 saturated heterocycles. The van der Waals surface area contributed by atoms with E-state index in [1.807, 2.05) is 0 Å². The Morgan fingerprint density at radius 2 is 1.21 bits per heavy atom. The number of para-hydroxylation sites is 2. The molecule has 1 aliphatic carbocycles. The molecular weight excluding hydrogens is 743 g/mol. The summed E-state index contributed by atoms with van der Waals surface area (Å²) in [6.45, 7) is 13.9. The molecule has 4 nitrogen and oxygen atoms in total. The largest absolute Gasteiger partial charge is 0.456 e. The summed E-state index contributed by atoms with van der Waals surface area (Å²) in [5, 5.41) is 7.12. The zero-order chi connectivity index (χ0) is 40.8. The Hall–Kier alpha value is -6.98. The molecule has 0 bridgehead atoms. The first-order valence-corrected chi connectivity index (χ1v) is 21.6. The third-order valence-electron chi connectivity index (χ3n) is 14.6. The van der Waals surface area contributed by atoms with Crippen LogP contribution in [0.3, 0.4) is 0 Å². The van der Waals surface area contributed by atoms with Crippen molar-refractivity contribution in [3.05, 3.63) is 162 Å². The quantitative estimate of drug-likeness (QED) is 0.156. The van der Waals surface area contributed by atoms with Crippen LogP contribution in [-0.2, 0) is 10.8 Å². The molecule has 0 fully saturated rings. The molecule has 0 radical (unpaired) electrons. The van der Waals surface area contributed by atoms with Crippen molar-refractivity contribution in [2.45, 2.75) is 52.4 Å². The molecule has 3 aromatic heterocycles. The Bertz CT molecular complexity index is 3800. The summed E-state index contributed by atoms with van der Waals surface area (Å²) >= 11 is 0. The molecule has 11 aromatic rings. The molecule has 3 aliphatic rings. The molecule has 5 heteroatoms. The lowest BCUT2D eigenvalue weighted by molar-refractivity contribution is 0.590. The van der Waals surface area contributed by atoms with Crippen molar-refractivity contribution in [3.63, 3.8) is 0 Å². The van der Waals surface area contributed by atoms with E-state index in [4.69, 9.17) is 8.83 Å². The zero-order valence-corrected chi connectivity index (χ0v) is 35.1. The highest BCUT2D eigenvalue weighted by Crippen LogP contribution is 2.53. The van der Waals surface area contributed by atoms with Crippen molar-refractivity contribution in [3.8, 4) is 27.9 Å². The standard InChI is InChI=1S/C56H41BN2O2/c1-30-23-40-37-27-50-39(35-15-9-12-18-49(35)60-50)26-46(37)59(32-21-19-31(20-22-32)55(2,3)4)57-44-28-43-36(33-13-7-10-16-42(33)56(43,5)6)25-47(44)58-45-29-51-38(34-14-8-11-17-48(34)61-51)24-41(45)52(30)54(58)53(40)57/h7-29H,1-6H3. The summed E-state index contributed by atoms with van der Waals surface area (Å²) in [6.07, 6.45) is 0. The maximum atomic E-state index is 6.65. The van der Waals surface area contributed by atoms with E-state index in [1.165, 1.54) is 94.3 Å². The van der Waals surface area contributed by atoms with Crippen LogP contribution in [0.25, 0.3) is 93.6 Å². The minimum atomic E-state index is -0.167. The zero-order valence-electron chi connectivity index (χ0n) is 35.1. The first kappa shape index (κ1) is 33.8. The van der Waals surface area contributed by atoms with E-state index >= 15 is 0 Å². The highest BCUT2D eigenvalue weighted by Gasteiger charge is 2.47. The van der Waals surface area contributed by atoms with Crippen LogP contribution >= 0.6 is 0 Å². The number of nitrogens with zero attached hydrogens (tertiary/aromatic N) is 2. The lowest BCUT2D eigenvalue weighted by Gasteiger charge is -2.42. The Balaban J connectivity index is 1.18. The number of rotatable bonds is 1. The van der Waals surface area contributed by atoms with Crippen molar-refractivity contribution in [2.24, 2.45) is 0 Å². The number of hydrogen-bond acceptors (Lipinski definition) is 3. The van der Waals surface area contributed by atoms with Crippen molar-refractivity contribution in [1.82, 2.24) is 4.57 Å². The predicted octanol–water partition coefficient (Wildman–Crippen LogP) is 13.7. The maximum absolute atomic E-state index is 6.65. The van der Waals surface area contributed by atoms with E-state index in [2.05, 4.69) is 190 Å². The highest BCUT2D eigenvalue weighted by molar-refractivity contribution is 6.93. The first-order valence-electron chi connectivity index (χ1n) is 21.6. The van der Waals surface area contributed by atoms with Crippen LogP contribution in [0.15, 0.2) is 148 Å². The van der Waals surface area contributed by atoms with Gasteiger partial charge >= 0.3 is 6.85 Å². The minimum Gasteiger partial charge on any atom is -0.456 e. The number of aryl methyl sites for hydroxylation is 1. The van der Waals surface area contributed by atoms with Gasteiger partial charge < -0.3 is 18.2 Å². The third-order valence-corrected chi connectivity index (χ3v) is 14.6. The van der Waals surface area contributed by atoms with E-state index in [0.29, 0.717) is 0 Å². The lowest BCUT2D eigenvalue weighted by Crippen LogP contribution is -2.60. The summed E-state index contributed by atoms with van der Waals surface area (Å²) < 4.78 is 15.9. The molecule has 290 valence electrons. The third kappa shape index (κ3) is 4.17. The van der Waals surface area contributed by atoms with Crippen molar-refractivity contribution < 1.29 is 8.83 Å². The van der Waals surface area contributed by atoms with E-state index in [0.717, 1.165) is 43.9 Å². The SMILES string of the molecule is Cc1cc2c3c4c1c1cc5c(cc1n4-c1cc4c(cc1B3N(c1ccc(C(C)(C)C)cc1)c1cc3c(cc1-2)oc1ccccc13)C(C)(C)c1ccccc1-4)oc1ccccc15. The Kier molecular flexibility index (Phi) is 6.12. The van der Waals surface area contributed by atoms with Gasteiger partial charge in [0, 0.05) is 66.4 Å². The van der Waals surface area contributed by atoms with Gasteiger partial charge in [0.2, 0.25) is 0 Å². The second-order valence-corrected chi connectivity index (χ2v) is 19.3. The molecule has 2 aliphatic heterocycles. The highest BCUT2D eigenvalue weighted by atomic mass is 16.3. The number of anilines is 2. The fraction of sp³-hybridized carbons (Fsp3) is 0.143. The topological polar surface area (TPSA) is 34.5 Å². The molecule has 0 spiro atoms. The number of hydrogen-bond donors (Lipinski definition) is 0. The van der Waals surface area contributed by atoms with Gasteiger partial charge in [-0.2, -0.15) is 0 Å². The summed E-state index contributed by atoms with van der Waals surface area (Å²) in [7, 11) is 0. The Morgan fingerprint density at radius 1 is 0.541 bits per heavy atom. The summed E-state index contributed by atoms with van der Waals surface area (Å²) in [5.74, 6) is 0. The molecule has 8 aromatic carbocycles. The lowest BCUT2D eigenvalue weighted by atomic mass is 9.43. The summed E-state index contributed by atoms with van der Waals surface area (Å²) in [5.41, 5.74) is 22.6. The average Bonchev–Trinajstić information content (AvgIpc) is 3.98. The first-order chi connectivity index (χ1) is 29.5. The minimum absolute atomic E-state index is 0.0283. The summed E-state index contributed by atoms with van der Waals surface area (Å²) in [6, 6.07) is 52.3. The molecule has 0 amide bonds. The van der Waals surface area contributed by atoms with Crippen LogP contribution in [0.4, 0.5) is 11.4 Å². The van der Waals surface area contributed by atoms with Gasteiger partial charge in [0.05, 0.1) is 11.0 Å². The monoisotopic (exact) mass is 784 g/mol. The number of benzene rings is 8. The number of aromatic nitrogens is 1. The Labute approximate surface area is 353 Å². The smallest absolute Gasteiger partial charge is 0.333 e. The maximum Gasteiger partial charge on any atom is 0.333 e. The van der Waals surface area contributed by atoms with Gasteiger partial charge in [0.25, 0.3) is 0 Å². The van der Waals surface area contributed by atoms with E-state index < -0.39 is 0 Å². The molecule has 0 N–H and O–H groups in total. The number of furan rings is 2. The fourth-order valence-electron chi connectivity index (χ4n) is 11.7. The van der Waals surface area contributed by atoms with Crippen LogP contribution in [0, 0.1) is 6.92 Å². The predicted molar refractivity (Wildman–Crippen MR) is 255 cm³/mol. The van der Waals surface area contributed by atoms with Crippen molar-refractivity contribution in [2.75, 3.05) is 4.81 Å². The van der Waals surface area contributed by atoms with Gasteiger partial charge in [0.15, 0.2) is 0 Å². The van der Waals surface area contributed by atoms with E-state index in [9.17, 15) is 0 Å². The van der Waals surface area contributed by atoms with Crippen LogP contribution < -0.4 is 15.7 Å². The second kappa shape index (κ2) is 11.0. The summed E-state index contributed by atoms with van der Waals surface area (Å²) in [4.78, 5) is 2.65. The van der Waals surface area contributed by atoms with Crippen molar-refractivity contribution >= 4 is 94.8 Å². The van der Waals surface area contributed by atoms with Crippen LogP contribution in [-0.4, -0.2) is 11.4 Å². The van der Waals surface area contributed by atoms with Crippen LogP contribution in [0.1, 0.15) is 56.9 Å². The van der Waals surface area contributed by atoms with Crippen molar-refractivity contribution in [1.29, 1.82) is 0 Å². The van der Waals surface area contributed by atoms with Gasteiger partial charge in [-0.1, -0.05) is 120 Å². The molecular formula is C56H41BN2O2. The molecule has 61 heavy (non-hydrogen) atoms.